The molecule has 1 aliphatic carbocycles. The molecular weight excluding hydrogens is 422 g/mol. The zero-order valence-corrected chi connectivity index (χ0v) is 18.5. The number of pyridine rings is 1. The predicted octanol–water partition coefficient (Wildman–Crippen LogP) is 2.74. The van der Waals surface area contributed by atoms with E-state index in [9.17, 15) is 9.59 Å². The monoisotopic (exact) mass is 447 g/mol. The summed E-state index contributed by atoms with van der Waals surface area (Å²) in [4.78, 5) is 32.7. The Morgan fingerprint density at radius 3 is 2.88 bits per heavy atom. The molecule has 3 heterocycles. The third kappa shape index (κ3) is 5.65. The van der Waals surface area contributed by atoms with Gasteiger partial charge >= 0.3 is 0 Å². The number of hydrogen-bond acceptors (Lipinski definition) is 8. The van der Waals surface area contributed by atoms with Crippen LogP contribution in [-0.2, 0) is 16.0 Å². The molecule has 0 fully saturated rings. The molecule has 0 bridgehead atoms. The van der Waals surface area contributed by atoms with Gasteiger partial charge in [0.25, 0.3) is 5.91 Å². The number of azo groups is 1. The lowest BCUT2D eigenvalue weighted by Crippen LogP contribution is -2.40. The van der Waals surface area contributed by atoms with Gasteiger partial charge in [0.05, 0.1) is 5.92 Å². The number of nitrogens with zero attached hydrogens (tertiary/aromatic N) is 5. The highest BCUT2D eigenvalue weighted by molar-refractivity contribution is 5.86. The number of amides is 2. The number of carbonyl (C=O) groups is 2. The summed E-state index contributed by atoms with van der Waals surface area (Å²) >= 11 is 0. The fourth-order valence-electron chi connectivity index (χ4n) is 3.33. The van der Waals surface area contributed by atoms with Crippen LogP contribution in [0.2, 0.25) is 0 Å². The number of hydrogen-bond donors (Lipinski definition) is 2. The summed E-state index contributed by atoms with van der Waals surface area (Å²) in [5, 5.41) is 17.9. The molecule has 1 aliphatic heterocycles. The van der Waals surface area contributed by atoms with Crippen molar-refractivity contribution in [3.05, 3.63) is 66.0 Å². The van der Waals surface area contributed by atoms with Crippen LogP contribution in [0.25, 0.3) is 11.5 Å². The third-order valence-corrected chi connectivity index (χ3v) is 5.24. The lowest BCUT2D eigenvalue weighted by atomic mass is 9.91. The van der Waals surface area contributed by atoms with Gasteiger partial charge in [0.15, 0.2) is 5.82 Å². The Kier molecular flexibility index (Phi) is 6.53. The summed E-state index contributed by atoms with van der Waals surface area (Å²) in [6, 6.07) is 5.45. The molecule has 0 saturated heterocycles. The van der Waals surface area contributed by atoms with E-state index in [2.05, 4.69) is 36.0 Å². The Morgan fingerprint density at radius 2 is 2.06 bits per heavy atom. The van der Waals surface area contributed by atoms with Crippen LogP contribution in [0.15, 0.2) is 74.8 Å². The molecular formula is C23H25N7O3. The van der Waals surface area contributed by atoms with E-state index in [0.717, 1.165) is 5.57 Å². The molecule has 1 atom stereocenters. The molecule has 2 N–H and O–H groups in total. The molecule has 2 aromatic rings. The first-order valence-electron chi connectivity index (χ1n) is 10.7. The van der Waals surface area contributed by atoms with Gasteiger partial charge in [-0.1, -0.05) is 49.4 Å². The zero-order chi connectivity index (χ0) is 23.3. The number of aryl methyl sites for hydroxylation is 1. The molecule has 10 nitrogen and oxygen atoms in total. The van der Waals surface area contributed by atoms with Gasteiger partial charge < -0.3 is 15.2 Å². The Labute approximate surface area is 191 Å². The van der Waals surface area contributed by atoms with Crippen LogP contribution in [0.5, 0.6) is 0 Å². The highest BCUT2D eigenvalue weighted by atomic mass is 16.5. The molecule has 1 unspecified atom stereocenters. The number of aromatic nitrogens is 3. The van der Waals surface area contributed by atoms with Gasteiger partial charge in [-0.3, -0.25) is 14.6 Å². The van der Waals surface area contributed by atoms with Crippen molar-refractivity contribution in [3.8, 4) is 11.5 Å². The van der Waals surface area contributed by atoms with E-state index in [1.54, 1.807) is 12.3 Å². The van der Waals surface area contributed by atoms with E-state index >= 15 is 0 Å². The molecule has 170 valence electrons. The zero-order valence-electron chi connectivity index (χ0n) is 18.5. The Bertz CT molecular complexity index is 1150. The molecule has 2 aromatic heterocycles. The Morgan fingerprint density at radius 1 is 1.18 bits per heavy atom. The summed E-state index contributed by atoms with van der Waals surface area (Å²) in [6.45, 7) is 5.06. The van der Waals surface area contributed by atoms with Gasteiger partial charge in [-0.25, -0.2) is 0 Å². The topological polar surface area (TPSA) is 135 Å². The van der Waals surface area contributed by atoms with Crippen molar-refractivity contribution in [2.75, 3.05) is 13.1 Å². The molecule has 2 amide bonds. The quantitative estimate of drug-likeness (QED) is 0.603. The minimum absolute atomic E-state index is 0.106. The van der Waals surface area contributed by atoms with Crippen LogP contribution in [0.1, 0.15) is 26.2 Å². The van der Waals surface area contributed by atoms with Crippen LogP contribution in [-0.4, -0.2) is 40.0 Å². The number of allylic oxidation sites excluding steroid dienone is 3. The van der Waals surface area contributed by atoms with Gasteiger partial charge in [-0.2, -0.15) is 4.98 Å². The minimum Gasteiger partial charge on any atom is -0.368 e. The minimum atomic E-state index is -0.388. The van der Waals surface area contributed by atoms with Gasteiger partial charge in [-0.15, -0.1) is 10.2 Å². The van der Waals surface area contributed by atoms with Crippen molar-refractivity contribution in [1.29, 1.82) is 0 Å². The van der Waals surface area contributed by atoms with Crippen LogP contribution < -0.4 is 10.6 Å². The van der Waals surface area contributed by atoms with E-state index in [1.807, 2.05) is 50.3 Å². The SMILES string of the molecule is CC(C)(CNC(=O)CCc1nc(-c2ccccn2)no1)CNC1=C2C=CC=CC2C(=O)N=N1. The second kappa shape index (κ2) is 9.68. The van der Waals surface area contributed by atoms with E-state index in [-0.39, 0.29) is 29.6 Å². The van der Waals surface area contributed by atoms with Gasteiger partial charge in [0, 0.05) is 37.7 Å². The van der Waals surface area contributed by atoms with Crippen molar-refractivity contribution in [2.24, 2.45) is 21.6 Å². The average Bonchev–Trinajstić information content (AvgIpc) is 3.31. The maximum absolute atomic E-state index is 12.3. The van der Waals surface area contributed by atoms with Crippen molar-refractivity contribution in [2.45, 2.75) is 26.7 Å². The summed E-state index contributed by atoms with van der Waals surface area (Å²) in [7, 11) is 0. The van der Waals surface area contributed by atoms with Crippen LogP contribution >= 0.6 is 0 Å². The van der Waals surface area contributed by atoms with Gasteiger partial charge in [-0.05, 0) is 17.5 Å². The smallest absolute Gasteiger partial charge is 0.276 e. The first-order chi connectivity index (χ1) is 15.9. The number of rotatable bonds is 9. The second-order valence-electron chi connectivity index (χ2n) is 8.59. The molecule has 0 radical (unpaired) electrons. The van der Waals surface area contributed by atoms with E-state index in [4.69, 9.17) is 4.52 Å². The maximum atomic E-state index is 12.3. The van der Waals surface area contributed by atoms with Crippen molar-refractivity contribution in [1.82, 2.24) is 25.8 Å². The molecule has 33 heavy (non-hydrogen) atoms. The normalized spacial score (nSPS) is 17.3. The largest absolute Gasteiger partial charge is 0.368 e. The summed E-state index contributed by atoms with van der Waals surface area (Å²) in [5.74, 6) is 0.615. The standard InChI is InChI=1S/C23H25N7O3/c1-23(2,14-26-20-15-7-3-4-8-16(15)22(32)29-28-20)13-25-18(31)10-11-19-27-21(30-33-19)17-9-5-6-12-24-17/h3-9,12,16,26H,10-11,13-14H2,1-2H3,(H,25,31). The van der Waals surface area contributed by atoms with Gasteiger partial charge in [0.2, 0.25) is 17.6 Å². The second-order valence-corrected chi connectivity index (χ2v) is 8.59. The average molecular weight is 447 g/mol. The van der Waals surface area contributed by atoms with Crippen molar-refractivity contribution >= 4 is 11.8 Å². The number of carbonyl (C=O) groups excluding carboxylic acids is 2. The fraction of sp³-hybridized carbons (Fsp3) is 0.348. The molecule has 4 rings (SSSR count). The summed E-state index contributed by atoms with van der Waals surface area (Å²) in [5.41, 5.74) is 1.16. The van der Waals surface area contributed by atoms with Crippen LogP contribution in [0, 0.1) is 11.3 Å². The highest BCUT2D eigenvalue weighted by Gasteiger charge is 2.28. The predicted molar refractivity (Wildman–Crippen MR) is 119 cm³/mol. The van der Waals surface area contributed by atoms with Gasteiger partial charge in [0.1, 0.15) is 5.69 Å². The summed E-state index contributed by atoms with van der Waals surface area (Å²) in [6.07, 6.45) is 9.62. The highest BCUT2D eigenvalue weighted by Crippen LogP contribution is 2.27. The molecule has 0 spiro atoms. The molecule has 10 heteroatoms. The van der Waals surface area contributed by atoms with Crippen molar-refractivity contribution < 1.29 is 14.1 Å². The fourth-order valence-corrected chi connectivity index (χ4v) is 3.33. The van der Waals surface area contributed by atoms with E-state index in [1.165, 1.54) is 0 Å². The Balaban J connectivity index is 1.24. The third-order valence-electron chi connectivity index (χ3n) is 5.24. The van der Waals surface area contributed by atoms with Crippen LogP contribution in [0.3, 0.4) is 0 Å². The Hall–Kier alpha value is -3.95. The molecule has 0 saturated carbocycles. The lowest BCUT2D eigenvalue weighted by molar-refractivity contribution is -0.122. The summed E-state index contributed by atoms with van der Waals surface area (Å²) < 4.78 is 5.22. The maximum Gasteiger partial charge on any atom is 0.276 e. The van der Waals surface area contributed by atoms with Crippen molar-refractivity contribution in [3.63, 3.8) is 0 Å². The molecule has 2 aliphatic rings. The first-order valence-corrected chi connectivity index (χ1v) is 10.7. The van der Waals surface area contributed by atoms with E-state index in [0.29, 0.717) is 42.7 Å². The molecule has 0 aromatic carbocycles. The lowest BCUT2D eigenvalue weighted by Gasteiger charge is -2.27. The first kappa shape index (κ1) is 22.3. The van der Waals surface area contributed by atoms with E-state index < -0.39 is 0 Å². The number of nitrogens with one attached hydrogen (secondary N) is 2. The number of fused-ring (bicyclic) bond motifs is 1. The van der Waals surface area contributed by atoms with Crippen LogP contribution in [0.4, 0.5) is 0 Å².